The molecule has 0 aliphatic heterocycles. The van der Waals surface area contributed by atoms with E-state index in [4.69, 9.17) is 0 Å². The molecular formula is C24H19FN4O2. The highest BCUT2D eigenvalue weighted by molar-refractivity contribution is 6.12. The molecule has 31 heavy (non-hydrogen) atoms. The van der Waals surface area contributed by atoms with Gasteiger partial charge < -0.3 is 10.6 Å². The molecule has 6 nitrogen and oxygen atoms in total. The molecule has 0 spiro atoms. The van der Waals surface area contributed by atoms with Crippen LogP contribution in [0, 0.1) is 12.7 Å². The van der Waals surface area contributed by atoms with Gasteiger partial charge in [-0.1, -0.05) is 42.0 Å². The highest BCUT2D eigenvalue weighted by atomic mass is 19.1. The van der Waals surface area contributed by atoms with Gasteiger partial charge in [-0.15, -0.1) is 0 Å². The molecule has 2 N–H and O–H groups in total. The van der Waals surface area contributed by atoms with Crippen LogP contribution in [0.3, 0.4) is 0 Å². The molecule has 0 bridgehead atoms. The van der Waals surface area contributed by atoms with E-state index in [0.29, 0.717) is 11.4 Å². The van der Waals surface area contributed by atoms with Gasteiger partial charge in [0.1, 0.15) is 17.2 Å². The third-order valence-corrected chi connectivity index (χ3v) is 4.64. The molecule has 0 unspecified atom stereocenters. The van der Waals surface area contributed by atoms with Gasteiger partial charge in [0.05, 0.1) is 11.9 Å². The Bertz CT molecular complexity index is 1230. The second kappa shape index (κ2) is 8.62. The molecular weight excluding hydrogens is 395 g/mol. The molecule has 4 rings (SSSR count). The number of para-hydroxylation sites is 1. The van der Waals surface area contributed by atoms with Gasteiger partial charge >= 0.3 is 0 Å². The first kappa shape index (κ1) is 20.0. The van der Waals surface area contributed by atoms with E-state index >= 15 is 0 Å². The standard InChI is InChI=1S/C24H19FN4O2/c1-16-10-12-19(13-11-16)27-24(31)21-15-26-29(20-8-3-2-4-9-20)22(21)28-23(30)17-6-5-7-18(25)14-17/h2-15H,1H3,(H,27,31)(H,28,30). The molecule has 0 aliphatic rings. The van der Waals surface area contributed by atoms with Crippen LogP contribution in [-0.2, 0) is 0 Å². The summed E-state index contributed by atoms with van der Waals surface area (Å²) >= 11 is 0. The Morgan fingerprint density at radius 3 is 2.32 bits per heavy atom. The van der Waals surface area contributed by atoms with E-state index in [1.165, 1.54) is 29.1 Å². The van der Waals surface area contributed by atoms with Crippen molar-refractivity contribution in [1.29, 1.82) is 0 Å². The fraction of sp³-hybridized carbons (Fsp3) is 0.0417. The van der Waals surface area contributed by atoms with E-state index in [-0.39, 0.29) is 16.9 Å². The topological polar surface area (TPSA) is 76.0 Å². The molecule has 0 aliphatic carbocycles. The number of carbonyl (C=O) groups is 2. The van der Waals surface area contributed by atoms with Crippen molar-refractivity contribution in [3.05, 3.63) is 108 Å². The summed E-state index contributed by atoms with van der Waals surface area (Å²) in [5.41, 5.74) is 2.65. The first-order chi connectivity index (χ1) is 15.0. The lowest BCUT2D eigenvalue weighted by Crippen LogP contribution is -2.19. The average molecular weight is 414 g/mol. The number of aromatic nitrogens is 2. The van der Waals surface area contributed by atoms with Crippen LogP contribution in [-0.4, -0.2) is 21.6 Å². The Hall–Kier alpha value is -4.26. The third-order valence-electron chi connectivity index (χ3n) is 4.64. The number of aryl methyl sites for hydroxylation is 1. The highest BCUT2D eigenvalue weighted by Gasteiger charge is 2.21. The fourth-order valence-electron chi connectivity index (χ4n) is 3.04. The van der Waals surface area contributed by atoms with Crippen LogP contribution in [0.25, 0.3) is 5.69 Å². The summed E-state index contributed by atoms with van der Waals surface area (Å²) in [6, 6.07) is 21.8. The Labute approximate surface area is 178 Å². The number of anilines is 2. The first-order valence-electron chi connectivity index (χ1n) is 9.59. The smallest absolute Gasteiger partial charge is 0.261 e. The van der Waals surface area contributed by atoms with E-state index in [2.05, 4.69) is 15.7 Å². The number of hydrogen-bond donors (Lipinski definition) is 2. The SMILES string of the molecule is Cc1ccc(NC(=O)c2cnn(-c3ccccc3)c2NC(=O)c2cccc(F)c2)cc1. The van der Waals surface area contributed by atoms with Crippen molar-refractivity contribution in [2.75, 3.05) is 10.6 Å². The molecule has 0 fully saturated rings. The Morgan fingerprint density at radius 1 is 0.871 bits per heavy atom. The molecule has 3 aromatic carbocycles. The zero-order valence-corrected chi connectivity index (χ0v) is 16.7. The summed E-state index contributed by atoms with van der Waals surface area (Å²) in [4.78, 5) is 25.7. The monoisotopic (exact) mass is 414 g/mol. The van der Waals surface area contributed by atoms with E-state index in [1.807, 2.05) is 37.3 Å². The zero-order chi connectivity index (χ0) is 21.8. The number of amides is 2. The molecule has 0 radical (unpaired) electrons. The molecule has 0 atom stereocenters. The Morgan fingerprint density at radius 2 is 1.61 bits per heavy atom. The lowest BCUT2D eigenvalue weighted by molar-refractivity contribution is 0.102. The van der Waals surface area contributed by atoms with Gasteiger partial charge in [0.2, 0.25) is 0 Å². The van der Waals surface area contributed by atoms with Crippen LogP contribution >= 0.6 is 0 Å². The van der Waals surface area contributed by atoms with Crippen molar-refractivity contribution in [3.8, 4) is 5.69 Å². The van der Waals surface area contributed by atoms with Gasteiger partial charge in [-0.05, 0) is 49.4 Å². The summed E-state index contributed by atoms with van der Waals surface area (Å²) in [5, 5.41) is 9.81. The number of rotatable bonds is 5. The van der Waals surface area contributed by atoms with Gasteiger partial charge in [-0.3, -0.25) is 9.59 Å². The largest absolute Gasteiger partial charge is 0.322 e. The molecule has 4 aromatic rings. The first-order valence-corrected chi connectivity index (χ1v) is 9.59. The van der Waals surface area contributed by atoms with Crippen LogP contribution in [0.5, 0.6) is 0 Å². The Kier molecular flexibility index (Phi) is 5.57. The predicted molar refractivity (Wildman–Crippen MR) is 117 cm³/mol. The molecule has 7 heteroatoms. The lowest BCUT2D eigenvalue weighted by Gasteiger charge is -2.12. The molecule has 1 aromatic heterocycles. The number of nitrogens with one attached hydrogen (secondary N) is 2. The van der Waals surface area contributed by atoms with Crippen LogP contribution in [0.15, 0.2) is 85.1 Å². The quantitative estimate of drug-likeness (QED) is 0.491. The van der Waals surface area contributed by atoms with Crippen LogP contribution in [0.4, 0.5) is 15.9 Å². The number of hydrogen-bond acceptors (Lipinski definition) is 3. The summed E-state index contributed by atoms with van der Waals surface area (Å²) in [7, 11) is 0. The second-order valence-electron chi connectivity index (χ2n) is 6.94. The van der Waals surface area contributed by atoms with Crippen LogP contribution < -0.4 is 10.6 Å². The number of nitrogens with zero attached hydrogens (tertiary/aromatic N) is 2. The second-order valence-corrected chi connectivity index (χ2v) is 6.94. The predicted octanol–water partition coefficient (Wildman–Crippen LogP) is 4.82. The van der Waals surface area contributed by atoms with Crippen molar-refractivity contribution in [1.82, 2.24) is 9.78 Å². The Balaban J connectivity index is 1.70. The molecule has 2 amide bonds. The zero-order valence-electron chi connectivity index (χ0n) is 16.7. The minimum absolute atomic E-state index is 0.130. The van der Waals surface area contributed by atoms with Crippen molar-refractivity contribution in [3.63, 3.8) is 0 Å². The van der Waals surface area contributed by atoms with Crippen molar-refractivity contribution in [2.45, 2.75) is 6.92 Å². The molecule has 1 heterocycles. The molecule has 154 valence electrons. The normalized spacial score (nSPS) is 10.5. The van der Waals surface area contributed by atoms with Gasteiger partial charge in [-0.25, -0.2) is 9.07 Å². The molecule has 0 saturated carbocycles. The van der Waals surface area contributed by atoms with Crippen molar-refractivity contribution in [2.24, 2.45) is 0 Å². The van der Waals surface area contributed by atoms with E-state index < -0.39 is 17.6 Å². The minimum atomic E-state index is -0.554. The minimum Gasteiger partial charge on any atom is -0.322 e. The summed E-state index contributed by atoms with van der Waals surface area (Å²) in [6.07, 6.45) is 1.39. The molecule has 0 saturated heterocycles. The number of halogens is 1. The maximum Gasteiger partial charge on any atom is 0.261 e. The van der Waals surface area contributed by atoms with Gasteiger partial charge in [0.15, 0.2) is 0 Å². The van der Waals surface area contributed by atoms with Crippen molar-refractivity contribution < 1.29 is 14.0 Å². The van der Waals surface area contributed by atoms with Crippen molar-refractivity contribution >= 4 is 23.3 Å². The highest BCUT2D eigenvalue weighted by Crippen LogP contribution is 2.23. The maximum atomic E-state index is 13.6. The van der Waals surface area contributed by atoms with E-state index in [9.17, 15) is 14.0 Å². The number of benzene rings is 3. The average Bonchev–Trinajstić information content (AvgIpc) is 3.19. The van der Waals surface area contributed by atoms with Crippen LogP contribution in [0.1, 0.15) is 26.3 Å². The summed E-state index contributed by atoms with van der Waals surface area (Å²) < 4.78 is 15.0. The third kappa shape index (κ3) is 4.51. The van der Waals surface area contributed by atoms with Crippen LogP contribution in [0.2, 0.25) is 0 Å². The van der Waals surface area contributed by atoms with Gasteiger partial charge in [-0.2, -0.15) is 5.10 Å². The maximum absolute atomic E-state index is 13.6. The van der Waals surface area contributed by atoms with E-state index in [0.717, 1.165) is 11.6 Å². The van der Waals surface area contributed by atoms with E-state index in [1.54, 1.807) is 24.3 Å². The van der Waals surface area contributed by atoms with Gasteiger partial charge in [0.25, 0.3) is 11.8 Å². The fourth-order valence-corrected chi connectivity index (χ4v) is 3.04. The van der Waals surface area contributed by atoms with Gasteiger partial charge in [0, 0.05) is 11.3 Å². The number of carbonyl (C=O) groups excluding carboxylic acids is 2. The summed E-state index contributed by atoms with van der Waals surface area (Å²) in [6.45, 7) is 1.95. The lowest BCUT2D eigenvalue weighted by atomic mass is 10.2. The summed E-state index contributed by atoms with van der Waals surface area (Å²) in [5.74, 6) is -1.33.